The zero-order valence-electron chi connectivity index (χ0n) is 62.3. The number of nitrogens with zero attached hydrogens (tertiary/aromatic N) is 7. The van der Waals surface area contributed by atoms with Crippen molar-refractivity contribution in [2.75, 3.05) is 95.9 Å². The van der Waals surface area contributed by atoms with E-state index in [-0.39, 0.29) is 132 Å². The molecule has 0 aliphatic carbocycles. The number of aliphatic hydroxyl groups excluding tert-OH is 2. The number of carbonyl (C=O) groups is 6. The molecule has 3 heterocycles. The minimum Gasteiger partial charge on any atom is -0.382 e. The van der Waals surface area contributed by atoms with E-state index in [4.69, 9.17) is 44.4 Å². The van der Waals surface area contributed by atoms with Crippen molar-refractivity contribution in [3.05, 3.63) is 142 Å². The van der Waals surface area contributed by atoms with Crippen molar-refractivity contribution in [1.29, 1.82) is 0 Å². The molecule has 35 heteroatoms. The molecule has 0 spiro atoms. The van der Waals surface area contributed by atoms with Gasteiger partial charge in [0.2, 0.25) is 24.3 Å². The molecule has 9 atom stereocenters. The number of anilines is 2. The van der Waals surface area contributed by atoms with Gasteiger partial charge >= 0.3 is 15.4 Å². The molecule has 0 bridgehead atoms. The molecule has 6 unspecified atom stereocenters. The standard InChI is InChI=1S/C76H97N12O19P3S/c1-5-101-63-45-67(88-49-81-70-73(88)83-76(77)84-74(70)96)107-64(63)48-104-108(43-14-38-78-2)103-46-57(82-66(93)36-40-79-65(92)37-44-111-110(99,100)106-42-13-21-61(90)51-26-29-55(30-27-51)85-86-56-31-33-58(34-32-56)87(3)4)47-105-109(98)102-41-9-7-6-8-39-80-75(97)72(95)71(94)62(91)20-12-19-59(89)18-11-15-50-22-23-54-25-24-52-16-10-17-53-28-35-60(50)69(54)68(52)53/h10,16-17,22-35,49,57,63-64,67,71-72,94-95,98H,5-9,11-15,18-21,36-48H2,1,3-4H3,(H,79,92)(H,80,97)(H,82,93)(H,99,100)(H3,77,83,84,96)/t57?,63-,64+,67+,71?,72?,108?,109?/m0/s1. The number of nitrogens with one attached hydrogen (secondary N) is 4. The Kier molecular flexibility index (Phi) is 34.7. The van der Waals surface area contributed by atoms with E-state index in [1.54, 1.807) is 28.8 Å². The van der Waals surface area contributed by atoms with Gasteiger partial charge < -0.3 is 83.5 Å². The molecular weight excluding hydrogens is 1510 g/mol. The summed E-state index contributed by atoms with van der Waals surface area (Å²) in [5.74, 6) is -3.10. The van der Waals surface area contributed by atoms with Gasteiger partial charge in [0.25, 0.3) is 11.5 Å². The van der Waals surface area contributed by atoms with E-state index in [2.05, 4.69) is 101 Å². The quantitative estimate of drug-likeness (QED) is 0.00427. The first-order valence-electron chi connectivity index (χ1n) is 37.0. The van der Waals surface area contributed by atoms with Crippen LogP contribution in [0.2, 0.25) is 0 Å². The fourth-order valence-corrected chi connectivity index (χ4v) is 16.9. The number of aryl methyl sites for hydroxylation is 1. The van der Waals surface area contributed by atoms with Crippen LogP contribution in [-0.2, 0) is 67.1 Å². The highest BCUT2D eigenvalue weighted by molar-refractivity contribution is 8.54. The van der Waals surface area contributed by atoms with E-state index in [0.29, 0.717) is 98.9 Å². The van der Waals surface area contributed by atoms with E-state index in [1.165, 1.54) is 38.6 Å². The SMILES string of the molecule is [C-]#[N+]CCCP(OCC(COP(O)OCCCCCCNC(=O)C(O)C(O)C(=O)CCCC(=O)CCCc1ccc2ccc3cccc4ccc1c2c34)NC(=O)CCNC(=O)CCSP(=O)(O)OCCCC(=O)c1ccc(N=Nc2ccc(N(C)C)cc2)cc1)OC[C@H]1O[C@@H](n2cnc3c(=O)[nH]c(N)nc32)C[C@@H]1OCC. The van der Waals surface area contributed by atoms with Gasteiger partial charge in [-0.3, -0.25) is 43.1 Å². The number of hydrogen-bond acceptors (Lipinski definition) is 25. The second-order valence-corrected chi connectivity index (χ2v) is 33.3. The predicted octanol–water partition coefficient (Wildman–Crippen LogP) is 11.3. The van der Waals surface area contributed by atoms with E-state index in [1.807, 2.05) is 50.2 Å². The Bertz CT molecular complexity index is 4560. The van der Waals surface area contributed by atoms with Gasteiger partial charge in [-0.05, 0) is 143 Å². The Morgan fingerprint density at radius 3 is 2.23 bits per heavy atom. The van der Waals surface area contributed by atoms with Crippen LogP contribution in [0.4, 0.5) is 23.0 Å². The number of imidazole rings is 1. The topological polar surface area (TPSA) is 423 Å². The van der Waals surface area contributed by atoms with Crippen LogP contribution in [0.25, 0.3) is 48.3 Å². The summed E-state index contributed by atoms with van der Waals surface area (Å²) in [6.45, 7) is 4.90. The number of H-pyrrole nitrogens is 1. The van der Waals surface area contributed by atoms with Crippen molar-refractivity contribution in [3.63, 3.8) is 0 Å². The maximum absolute atomic E-state index is 13.5. The smallest absolute Gasteiger partial charge is 0.382 e. The molecular formula is C76H97N12O19P3S. The normalized spacial score (nSPS) is 16.4. The molecule has 111 heavy (non-hydrogen) atoms. The van der Waals surface area contributed by atoms with E-state index in [9.17, 15) is 58.1 Å². The Labute approximate surface area is 649 Å². The van der Waals surface area contributed by atoms with Crippen LogP contribution in [0.3, 0.4) is 0 Å². The predicted molar refractivity (Wildman–Crippen MR) is 425 cm³/mol. The monoisotopic (exact) mass is 1610 g/mol. The maximum atomic E-state index is 13.5. The van der Waals surface area contributed by atoms with E-state index >= 15 is 0 Å². The highest BCUT2D eigenvalue weighted by Crippen LogP contribution is 2.56. The number of rotatable bonds is 51. The Hall–Kier alpha value is -8.18. The number of aromatic nitrogens is 4. The van der Waals surface area contributed by atoms with Crippen molar-refractivity contribution >= 4 is 137 Å². The van der Waals surface area contributed by atoms with Gasteiger partial charge in [-0.1, -0.05) is 67.4 Å². The van der Waals surface area contributed by atoms with Crippen molar-refractivity contribution in [2.45, 2.75) is 146 Å². The number of ether oxygens (including phenoxy) is 2. The van der Waals surface area contributed by atoms with Crippen LogP contribution in [0.5, 0.6) is 0 Å². The molecule has 9 rings (SSSR count). The van der Waals surface area contributed by atoms with Gasteiger partial charge in [0.1, 0.15) is 24.2 Å². The third kappa shape index (κ3) is 27.0. The van der Waals surface area contributed by atoms with E-state index < -0.39 is 89.5 Å². The summed E-state index contributed by atoms with van der Waals surface area (Å²) in [5.41, 5.74) is 9.49. The van der Waals surface area contributed by atoms with Crippen LogP contribution in [-0.4, -0.2) is 190 Å². The molecule has 1 saturated heterocycles. The molecule has 0 radical (unpaired) electrons. The van der Waals surface area contributed by atoms with Crippen LogP contribution in [0, 0.1) is 6.57 Å². The molecule has 31 nitrogen and oxygen atoms in total. The summed E-state index contributed by atoms with van der Waals surface area (Å²) >= 11 is 0.556. The van der Waals surface area contributed by atoms with Crippen LogP contribution in [0.15, 0.2) is 124 Å². The van der Waals surface area contributed by atoms with Crippen molar-refractivity contribution < 1.29 is 85.4 Å². The van der Waals surface area contributed by atoms with Crippen molar-refractivity contribution in [1.82, 2.24) is 35.5 Å². The summed E-state index contributed by atoms with van der Waals surface area (Å²) in [7, 11) is -0.373. The van der Waals surface area contributed by atoms with Crippen LogP contribution >= 0.6 is 35.2 Å². The molecule has 8 aromatic rings. The van der Waals surface area contributed by atoms with Gasteiger partial charge in [0.05, 0.1) is 62.9 Å². The van der Waals surface area contributed by atoms with Crippen molar-refractivity contribution in [2.24, 2.45) is 10.2 Å². The number of carbonyl (C=O) groups excluding carboxylic acids is 6. The molecule has 1 aliphatic rings. The molecule has 1 fully saturated rings. The molecule has 10 N–H and O–H groups in total. The maximum Gasteiger partial charge on any atom is 0.386 e. The molecule has 2 aromatic heterocycles. The minimum absolute atomic E-state index is 0.0143. The average Bonchev–Trinajstić information content (AvgIpc) is 1.35. The molecule has 6 aromatic carbocycles. The molecule has 596 valence electrons. The number of nitrogens with two attached hydrogens (primary N) is 1. The minimum atomic E-state index is -4.20. The second-order valence-electron chi connectivity index (χ2n) is 26.7. The number of aromatic amines is 1. The first-order chi connectivity index (χ1) is 53.6. The number of Topliss-reactive ketones (excluding diaryl/α,β-unsaturated/α-hetero) is 3. The molecule has 0 saturated carbocycles. The second kappa shape index (κ2) is 44.3. The number of ketones is 3. The highest BCUT2D eigenvalue weighted by atomic mass is 32.7. The summed E-state index contributed by atoms with van der Waals surface area (Å²) < 4.78 is 56.0. The number of azo groups is 1. The number of fused-ring (bicyclic) bond motifs is 1. The number of unbranched alkanes of at least 4 members (excludes halogenated alkanes) is 3. The number of hydrogen-bond donors (Lipinski definition) is 9. The lowest BCUT2D eigenvalue weighted by molar-refractivity contribution is -0.144. The largest absolute Gasteiger partial charge is 0.386 e. The number of aliphatic hydroxyl groups is 2. The summed E-state index contributed by atoms with van der Waals surface area (Å²) in [4.78, 5) is 128. The average molecular weight is 1610 g/mol. The van der Waals surface area contributed by atoms with Crippen LogP contribution < -0.4 is 32.1 Å². The Morgan fingerprint density at radius 1 is 0.784 bits per heavy atom. The van der Waals surface area contributed by atoms with Gasteiger partial charge in [0, 0.05) is 108 Å². The summed E-state index contributed by atoms with van der Waals surface area (Å²) in [6.07, 6.45) is 0.478. The van der Waals surface area contributed by atoms with Gasteiger partial charge in [0.15, 0.2) is 37.2 Å². The Balaban J connectivity index is 0.670. The Morgan fingerprint density at radius 2 is 1.49 bits per heavy atom. The highest BCUT2D eigenvalue weighted by Gasteiger charge is 2.39. The number of amides is 3. The lowest BCUT2D eigenvalue weighted by Gasteiger charge is -2.25. The molecule has 1 aliphatic heterocycles. The number of benzene rings is 6. The first-order valence-corrected chi connectivity index (χ1v) is 42.7. The summed E-state index contributed by atoms with van der Waals surface area (Å²) in [5, 5.41) is 44.7. The lowest BCUT2D eigenvalue weighted by atomic mass is 9.90. The zero-order chi connectivity index (χ0) is 79.2. The van der Waals surface area contributed by atoms with Crippen LogP contribution in [0.1, 0.15) is 125 Å². The lowest BCUT2D eigenvalue weighted by Crippen LogP contribution is -2.45. The van der Waals surface area contributed by atoms with Gasteiger partial charge in [-0.25, -0.2) is 16.1 Å². The van der Waals surface area contributed by atoms with E-state index in [0.717, 1.165) is 11.3 Å². The fourth-order valence-electron chi connectivity index (χ4n) is 12.4. The van der Waals surface area contributed by atoms with Gasteiger partial charge in [-0.15, -0.1) is 0 Å². The zero-order valence-corrected chi connectivity index (χ0v) is 65.8. The third-order valence-corrected chi connectivity index (χ3v) is 23.6. The number of nitrogen functional groups attached to an aromatic ring is 1. The first kappa shape index (κ1) is 86.8. The third-order valence-electron chi connectivity index (χ3n) is 18.3. The molecule has 3 amide bonds. The van der Waals surface area contributed by atoms with Crippen molar-refractivity contribution in [3.8, 4) is 0 Å². The summed E-state index contributed by atoms with van der Waals surface area (Å²) in [6, 6.07) is 32.3. The fraction of sp³-hybridized carbons (Fsp3) is 0.474. The van der Waals surface area contributed by atoms with Gasteiger partial charge in [-0.2, -0.15) is 15.2 Å².